The molecule has 2 heterocycles. The highest BCUT2D eigenvalue weighted by Crippen LogP contribution is 2.33. The highest BCUT2D eigenvalue weighted by Gasteiger charge is 2.49. The summed E-state index contributed by atoms with van der Waals surface area (Å²) in [5.41, 5.74) is -7.95. The van der Waals surface area contributed by atoms with Crippen molar-refractivity contribution in [2.24, 2.45) is 0 Å². The van der Waals surface area contributed by atoms with Crippen molar-refractivity contribution in [3.8, 4) is 5.75 Å². The molecule has 0 bridgehead atoms. The van der Waals surface area contributed by atoms with Crippen LogP contribution in [0.5, 0.6) is 5.75 Å². The third-order valence-electron chi connectivity index (χ3n) is 4.01. The van der Waals surface area contributed by atoms with Gasteiger partial charge in [-0.25, -0.2) is 9.78 Å². The van der Waals surface area contributed by atoms with Crippen molar-refractivity contribution in [2.75, 3.05) is 6.61 Å². The van der Waals surface area contributed by atoms with Crippen molar-refractivity contribution in [3.63, 3.8) is 0 Å². The maximum atomic E-state index is 13.0. The first-order chi connectivity index (χ1) is 15.1. The molecule has 0 N–H and O–H groups in total. The average Bonchev–Trinajstić information content (AvgIpc) is 2.73. The Kier molecular flexibility index (Phi) is 6.39. The molecule has 0 saturated heterocycles. The minimum absolute atomic E-state index is 0.171. The first kappa shape index (κ1) is 23.1. The van der Waals surface area contributed by atoms with Gasteiger partial charge in [-0.3, -0.25) is 4.79 Å². The number of halogens is 3. The Morgan fingerprint density at radius 1 is 1.12 bits per heavy atom. The zero-order valence-corrected chi connectivity index (χ0v) is 17.1. The molecule has 0 amide bonds. The zero-order valence-electron chi connectivity index (χ0n) is 16.3. The number of carbonyl (C=O) groups is 1. The van der Waals surface area contributed by atoms with Crippen LogP contribution in [0.3, 0.4) is 0 Å². The molecular weight excluding hydrogens is 457 g/mol. The summed E-state index contributed by atoms with van der Waals surface area (Å²) in [6.07, 6.45) is 1.19. The number of ether oxygens (including phenoxy) is 1. The van der Waals surface area contributed by atoms with Crippen molar-refractivity contribution < 1.29 is 40.1 Å². The maximum Gasteiger partial charge on any atom is 0.534 e. The molecule has 0 aliphatic rings. The standard InChI is InChI=1S/C19H15F3N2O7S/c1-2-29-18(26)14-15(31-32(27,28)19(20,21)22)13-9-6-10-23-16(13)24(17(14)25)30-11-12-7-4-3-5-8-12/h3-10H,2,11H2,1H3. The van der Waals surface area contributed by atoms with E-state index < -0.39 is 43.9 Å². The summed E-state index contributed by atoms with van der Waals surface area (Å²) >= 11 is 0. The largest absolute Gasteiger partial charge is 0.534 e. The van der Waals surface area contributed by atoms with Crippen LogP contribution in [0.1, 0.15) is 22.8 Å². The molecule has 0 spiro atoms. The van der Waals surface area contributed by atoms with Gasteiger partial charge in [0.1, 0.15) is 6.61 Å². The average molecular weight is 472 g/mol. The number of hydrogen-bond donors (Lipinski definition) is 0. The van der Waals surface area contributed by atoms with E-state index in [0.717, 1.165) is 6.07 Å². The summed E-state index contributed by atoms with van der Waals surface area (Å²) in [5, 5.41) is -0.393. The molecule has 0 aliphatic heterocycles. The molecule has 0 unspecified atom stereocenters. The smallest absolute Gasteiger partial charge is 0.462 e. The number of pyridine rings is 2. The van der Waals surface area contributed by atoms with Crippen molar-refractivity contribution in [2.45, 2.75) is 19.0 Å². The second-order valence-electron chi connectivity index (χ2n) is 6.14. The normalized spacial score (nSPS) is 11.9. The fraction of sp³-hybridized carbons (Fsp3) is 0.211. The summed E-state index contributed by atoms with van der Waals surface area (Å²) in [6.45, 7) is 0.966. The number of aromatic nitrogens is 2. The summed E-state index contributed by atoms with van der Waals surface area (Å²) in [6, 6.07) is 10.9. The predicted molar refractivity (Wildman–Crippen MR) is 104 cm³/mol. The molecule has 1 aromatic carbocycles. The summed E-state index contributed by atoms with van der Waals surface area (Å²) in [5.74, 6) is -2.55. The summed E-state index contributed by atoms with van der Waals surface area (Å²) < 4.78 is 71.6. The van der Waals surface area contributed by atoms with E-state index in [1.807, 2.05) is 0 Å². The molecule has 170 valence electrons. The monoisotopic (exact) mass is 472 g/mol. The van der Waals surface area contributed by atoms with Gasteiger partial charge >= 0.3 is 27.2 Å². The molecule has 0 saturated carbocycles. The third-order valence-corrected chi connectivity index (χ3v) is 4.96. The van der Waals surface area contributed by atoms with Gasteiger partial charge in [-0.15, -0.1) is 4.73 Å². The van der Waals surface area contributed by atoms with Gasteiger partial charge in [-0.2, -0.15) is 21.6 Å². The molecular formula is C19H15F3N2O7S. The quantitative estimate of drug-likeness (QED) is 0.293. The van der Waals surface area contributed by atoms with Gasteiger partial charge in [0, 0.05) is 6.20 Å². The fourth-order valence-electron chi connectivity index (χ4n) is 2.63. The lowest BCUT2D eigenvalue weighted by Gasteiger charge is -2.17. The molecule has 3 rings (SSSR count). The van der Waals surface area contributed by atoms with E-state index in [9.17, 15) is 31.2 Å². The van der Waals surface area contributed by atoms with Crippen LogP contribution in [-0.2, 0) is 21.5 Å². The number of esters is 1. The topological polar surface area (TPSA) is 114 Å². The van der Waals surface area contributed by atoms with E-state index in [2.05, 4.69) is 9.17 Å². The molecule has 32 heavy (non-hydrogen) atoms. The molecule has 0 atom stereocenters. The number of alkyl halides is 3. The van der Waals surface area contributed by atoms with Crippen molar-refractivity contribution in [3.05, 3.63) is 70.1 Å². The van der Waals surface area contributed by atoms with Crippen LogP contribution < -0.4 is 14.6 Å². The third kappa shape index (κ3) is 4.51. The Morgan fingerprint density at radius 2 is 1.81 bits per heavy atom. The summed E-state index contributed by atoms with van der Waals surface area (Å²) in [7, 11) is -6.22. The number of nitrogens with zero attached hydrogens (tertiary/aromatic N) is 2. The number of fused-ring (bicyclic) bond motifs is 1. The van der Waals surface area contributed by atoms with Gasteiger partial charge in [0.25, 0.3) is 0 Å². The van der Waals surface area contributed by atoms with Crippen LogP contribution in [0.15, 0.2) is 53.5 Å². The van der Waals surface area contributed by atoms with E-state index in [4.69, 9.17) is 9.57 Å². The minimum Gasteiger partial charge on any atom is -0.462 e. The SMILES string of the molecule is CCOC(=O)c1c(OS(=O)(=O)C(F)(F)F)c2cccnc2n(OCc2ccccc2)c1=O. The number of rotatable bonds is 7. The Morgan fingerprint density at radius 3 is 2.44 bits per heavy atom. The number of hydrogen-bond acceptors (Lipinski definition) is 8. The molecule has 0 radical (unpaired) electrons. The molecule has 0 aliphatic carbocycles. The predicted octanol–water partition coefficient (Wildman–Crippen LogP) is 2.43. The Balaban J connectivity index is 2.25. The molecule has 9 nitrogen and oxygen atoms in total. The van der Waals surface area contributed by atoms with Crippen LogP contribution in [-0.4, -0.2) is 36.2 Å². The molecule has 2 aromatic heterocycles. The molecule has 0 fully saturated rings. The highest BCUT2D eigenvalue weighted by atomic mass is 32.2. The van der Waals surface area contributed by atoms with Gasteiger partial charge in [0.15, 0.2) is 17.0 Å². The molecule has 13 heteroatoms. The lowest BCUT2D eigenvalue weighted by Crippen LogP contribution is -2.35. The van der Waals surface area contributed by atoms with Crippen LogP contribution in [0.2, 0.25) is 0 Å². The van der Waals surface area contributed by atoms with Crippen molar-refractivity contribution in [1.82, 2.24) is 9.71 Å². The Bertz CT molecular complexity index is 1310. The van der Waals surface area contributed by atoms with Crippen LogP contribution in [0.4, 0.5) is 13.2 Å². The van der Waals surface area contributed by atoms with E-state index in [0.29, 0.717) is 10.3 Å². The van der Waals surface area contributed by atoms with E-state index in [1.54, 1.807) is 30.3 Å². The van der Waals surface area contributed by atoms with Crippen molar-refractivity contribution >= 4 is 27.1 Å². The second kappa shape index (κ2) is 8.86. The first-order valence-corrected chi connectivity index (χ1v) is 10.4. The van der Waals surface area contributed by atoms with Gasteiger partial charge < -0.3 is 13.8 Å². The highest BCUT2D eigenvalue weighted by molar-refractivity contribution is 7.88. The van der Waals surface area contributed by atoms with Gasteiger partial charge in [0.05, 0.1) is 12.0 Å². The lowest BCUT2D eigenvalue weighted by atomic mass is 10.2. The summed E-state index contributed by atoms with van der Waals surface area (Å²) in [4.78, 5) is 34.8. The van der Waals surface area contributed by atoms with Crippen molar-refractivity contribution in [1.29, 1.82) is 0 Å². The van der Waals surface area contributed by atoms with E-state index in [-0.39, 0.29) is 18.9 Å². The van der Waals surface area contributed by atoms with Gasteiger partial charge in [-0.05, 0) is 24.6 Å². The zero-order chi connectivity index (χ0) is 23.5. The minimum atomic E-state index is -6.22. The fourth-order valence-corrected chi connectivity index (χ4v) is 3.11. The maximum absolute atomic E-state index is 13.0. The van der Waals surface area contributed by atoms with Crippen LogP contribution in [0.25, 0.3) is 11.0 Å². The number of carbonyl (C=O) groups excluding carboxylic acids is 1. The van der Waals surface area contributed by atoms with Crippen LogP contribution >= 0.6 is 0 Å². The van der Waals surface area contributed by atoms with E-state index in [1.165, 1.54) is 19.2 Å². The Labute approximate surface area is 179 Å². The first-order valence-electron chi connectivity index (χ1n) is 8.95. The van der Waals surface area contributed by atoms with Gasteiger partial charge in [-0.1, -0.05) is 30.3 Å². The second-order valence-corrected chi connectivity index (χ2v) is 7.68. The number of benzene rings is 1. The van der Waals surface area contributed by atoms with Crippen LogP contribution in [0, 0.1) is 0 Å². The van der Waals surface area contributed by atoms with E-state index >= 15 is 0 Å². The Hall–Kier alpha value is -3.61. The van der Waals surface area contributed by atoms with Gasteiger partial charge in [0.2, 0.25) is 0 Å². The lowest BCUT2D eigenvalue weighted by molar-refractivity contribution is -0.0500. The molecule has 3 aromatic rings.